The van der Waals surface area contributed by atoms with Crippen LogP contribution in [0.3, 0.4) is 0 Å². The first-order valence-corrected chi connectivity index (χ1v) is 11.1. The number of sulfonamides is 1. The van der Waals surface area contributed by atoms with E-state index in [1.54, 1.807) is 23.0 Å². The van der Waals surface area contributed by atoms with Gasteiger partial charge in [0.1, 0.15) is 0 Å². The SMILES string of the molecule is O=C(Nc1ccn(-c2ccccc2)n1)c1cccc(S(=O)(=O)NCc2ccccc2)c1. The Morgan fingerprint density at radius 3 is 2.32 bits per heavy atom. The highest BCUT2D eigenvalue weighted by Crippen LogP contribution is 2.15. The number of para-hydroxylation sites is 1. The van der Waals surface area contributed by atoms with Crippen LogP contribution in [-0.4, -0.2) is 24.1 Å². The first kappa shape index (κ1) is 20.5. The maximum atomic E-state index is 12.6. The van der Waals surface area contributed by atoms with Gasteiger partial charge in [-0.05, 0) is 35.9 Å². The molecule has 4 aromatic rings. The summed E-state index contributed by atoms with van der Waals surface area (Å²) in [5.41, 5.74) is 1.92. The summed E-state index contributed by atoms with van der Waals surface area (Å²) in [7, 11) is -3.77. The average molecular weight is 433 g/mol. The van der Waals surface area contributed by atoms with Crippen LogP contribution in [0.15, 0.2) is 102 Å². The maximum absolute atomic E-state index is 12.6. The van der Waals surface area contributed by atoms with E-state index in [1.165, 1.54) is 18.2 Å². The van der Waals surface area contributed by atoms with Crippen LogP contribution in [0.25, 0.3) is 5.69 Å². The fraction of sp³-hybridized carbons (Fsp3) is 0.0435. The molecule has 0 unspecified atom stereocenters. The standard InChI is InChI=1S/C23H20N4O3S/c28-23(25-22-14-15-27(26-22)20-11-5-2-6-12-20)19-10-7-13-21(16-19)31(29,30)24-17-18-8-3-1-4-9-18/h1-16,24H,17H2,(H,25,26,28). The predicted molar refractivity (Wildman–Crippen MR) is 118 cm³/mol. The van der Waals surface area contributed by atoms with Crippen molar-refractivity contribution >= 4 is 21.7 Å². The topological polar surface area (TPSA) is 93.1 Å². The van der Waals surface area contributed by atoms with Gasteiger partial charge in [-0.3, -0.25) is 4.79 Å². The Kier molecular flexibility index (Phi) is 5.92. The lowest BCUT2D eigenvalue weighted by Crippen LogP contribution is -2.23. The van der Waals surface area contributed by atoms with Crippen LogP contribution in [0.2, 0.25) is 0 Å². The van der Waals surface area contributed by atoms with E-state index in [2.05, 4.69) is 15.1 Å². The highest BCUT2D eigenvalue weighted by atomic mass is 32.2. The Labute approximate surface area is 180 Å². The summed E-state index contributed by atoms with van der Waals surface area (Å²) < 4.78 is 29.5. The quantitative estimate of drug-likeness (QED) is 0.467. The first-order chi connectivity index (χ1) is 15.0. The number of amides is 1. The number of nitrogens with zero attached hydrogens (tertiary/aromatic N) is 2. The van der Waals surface area contributed by atoms with Gasteiger partial charge in [0.15, 0.2) is 5.82 Å². The minimum absolute atomic E-state index is 0.0193. The van der Waals surface area contributed by atoms with E-state index in [9.17, 15) is 13.2 Å². The van der Waals surface area contributed by atoms with Gasteiger partial charge in [0.25, 0.3) is 5.91 Å². The fourth-order valence-electron chi connectivity index (χ4n) is 2.97. The zero-order chi connectivity index (χ0) is 21.7. The molecule has 0 saturated carbocycles. The van der Waals surface area contributed by atoms with Crippen molar-refractivity contribution in [3.63, 3.8) is 0 Å². The third-order valence-electron chi connectivity index (χ3n) is 4.57. The van der Waals surface area contributed by atoms with Crippen molar-refractivity contribution in [2.75, 3.05) is 5.32 Å². The van der Waals surface area contributed by atoms with E-state index in [-0.39, 0.29) is 17.0 Å². The molecule has 8 heteroatoms. The molecule has 0 aliphatic rings. The Balaban J connectivity index is 1.46. The second kappa shape index (κ2) is 8.95. The molecule has 0 radical (unpaired) electrons. The number of hydrogen-bond donors (Lipinski definition) is 2. The lowest BCUT2D eigenvalue weighted by molar-refractivity contribution is 0.102. The lowest BCUT2D eigenvalue weighted by Gasteiger charge is -2.09. The normalized spacial score (nSPS) is 11.2. The molecule has 7 nitrogen and oxygen atoms in total. The molecule has 4 rings (SSSR count). The summed E-state index contributed by atoms with van der Waals surface area (Å²) in [4.78, 5) is 12.7. The van der Waals surface area contributed by atoms with E-state index in [0.29, 0.717) is 5.82 Å². The molecule has 3 aromatic carbocycles. The minimum atomic E-state index is -3.77. The number of carbonyl (C=O) groups excluding carboxylic acids is 1. The van der Waals surface area contributed by atoms with Crippen LogP contribution in [-0.2, 0) is 16.6 Å². The fourth-order valence-corrected chi connectivity index (χ4v) is 4.03. The van der Waals surface area contributed by atoms with Gasteiger partial charge in [0.2, 0.25) is 10.0 Å². The van der Waals surface area contributed by atoms with Crippen LogP contribution in [0.5, 0.6) is 0 Å². The second-order valence-electron chi connectivity index (χ2n) is 6.77. The summed E-state index contributed by atoms with van der Waals surface area (Å²) >= 11 is 0. The molecule has 0 saturated heterocycles. The number of rotatable bonds is 7. The number of nitrogens with one attached hydrogen (secondary N) is 2. The summed E-state index contributed by atoms with van der Waals surface area (Å²) in [6.45, 7) is 0.163. The molecule has 156 valence electrons. The van der Waals surface area contributed by atoms with Crippen LogP contribution >= 0.6 is 0 Å². The summed E-state index contributed by atoms with van der Waals surface area (Å²) in [5, 5.41) is 7.03. The Bertz CT molecular complexity index is 1290. The summed E-state index contributed by atoms with van der Waals surface area (Å²) in [5.74, 6) is -0.0808. The van der Waals surface area contributed by atoms with Gasteiger partial charge in [-0.1, -0.05) is 54.6 Å². The van der Waals surface area contributed by atoms with Crippen molar-refractivity contribution in [3.05, 3.63) is 108 Å². The molecule has 0 spiro atoms. The van der Waals surface area contributed by atoms with Gasteiger partial charge in [0, 0.05) is 24.4 Å². The Morgan fingerprint density at radius 2 is 1.58 bits per heavy atom. The van der Waals surface area contributed by atoms with Gasteiger partial charge in [-0.2, -0.15) is 5.10 Å². The van der Waals surface area contributed by atoms with Crippen molar-refractivity contribution in [1.29, 1.82) is 0 Å². The van der Waals surface area contributed by atoms with E-state index in [4.69, 9.17) is 0 Å². The molecule has 0 fully saturated rings. The molecule has 0 aliphatic heterocycles. The molecular weight excluding hydrogens is 412 g/mol. The number of benzene rings is 3. The van der Waals surface area contributed by atoms with Gasteiger partial charge in [-0.15, -0.1) is 0 Å². The largest absolute Gasteiger partial charge is 0.305 e. The third-order valence-corrected chi connectivity index (χ3v) is 5.97. The van der Waals surface area contributed by atoms with Gasteiger partial charge < -0.3 is 5.32 Å². The number of aromatic nitrogens is 2. The van der Waals surface area contributed by atoms with Gasteiger partial charge >= 0.3 is 0 Å². The van der Waals surface area contributed by atoms with Crippen molar-refractivity contribution in [2.24, 2.45) is 0 Å². The molecular formula is C23H20N4O3S. The molecule has 1 heterocycles. The number of carbonyl (C=O) groups is 1. The van der Waals surface area contributed by atoms with Crippen molar-refractivity contribution in [1.82, 2.24) is 14.5 Å². The van der Waals surface area contributed by atoms with Crippen molar-refractivity contribution in [2.45, 2.75) is 11.4 Å². The van der Waals surface area contributed by atoms with Crippen LogP contribution in [0.1, 0.15) is 15.9 Å². The summed E-state index contributed by atoms with van der Waals surface area (Å²) in [6.07, 6.45) is 1.74. The molecule has 1 amide bonds. The van der Waals surface area contributed by atoms with E-state index < -0.39 is 15.9 Å². The highest BCUT2D eigenvalue weighted by molar-refractivity contribution is 7.89. The Morgan fingerprint density at radius 1 is 0.871 bits per heavy atom. The molecule has 0 bridgehead atoms. The van der Waals surface area contributed by atoms with Crippen LogP contribution in [0.4, 0.5) is 5.82 Å². The zero-order valence-corrected chi connectivity index (χ0v) is 17.3. The smallest absolute Gasteiger partial charge is 0.256 e. The van der Waals surface area contributed by atoms with Crippen molar-refractivity contribution < 1.29 is 13.2 Å². The zero-order valence-electron chi connectivity index (χ0n) is 16.5. The van der Waals surface area contributed by atoms with Gasteiger partial charge in [0.05, 0.1) is 10.6 Å². The molecule has 0 atom stereocenters. The Hall–Kier alpha value is -3.75. The summed E-state index contributed by atoms with van der Waals surface area (Å²) in [6, 6.07) is 26.3. The van der Waals surface area contributed by atoms with Crippen LogP contribution in [0, 0.1) is 0 Å². The maximum Gasteiger partial charge on any atom is 0.256 e. The van der Waals surface area contributed by atoms with Crippen LogP contribution < -0.4 is 10.0 Å². The molecule has 1 aromatic heterocycles. The van der Waals surface area contributed by atoms with E-state index in [1.807, 2.05) is 60.7 Å². The lowest BCUT2D eigenvalue weighted by atomic mass is 10.2. The molecule has 31 heavy (non-hydrogen) atoms. The number of hydrogen-bond acceptors (Lipinski definition) is 4. The molecule has 2 N–H and O–H groups in total. The third kappa shape index (κ3) is 5.06. The minimum Gasteiger partial charge on any atom is -0.305 e. The second-order valence-corrected chi connectivity index (χ2v) is 8.54. The monoisotopic (exact) mass is 432 g/mol. The first-order valence-electron chi connectivity index (χ1n) is 9.57. The van der Waals surface area contributed by atoms with Gasteiger partial charge in [-0.25, -0.2) is 17.8 Å². The predicted octanol–water partition coefficient (Wildman–Crippen LogP) is 3.60. The van der Waals surface area contributed by atoms with E-state index >= 15 is 0 Å². The van der Waals surface area contributed by atoms with E-state index in [0.717, 1.165) is 11.3 Å². The number of anilines is 1. The average Bonchev–Trinajstić information content (AvgIpc) is 3.28. The highest BCUT2D eigenvalue weighted by Gasteiger charge is 2.17. The molecule has 0 aliphatic carbocycles. The van der Waals surface area contributed by atoms with Crippen molar-refractivity contribution in [3.8, 4) is 5.69 Å².